The van der Waals surface area contributed by atoms with Crippen LogP contribution in [0.4, 0.5) is 5.69 Å². The zero-order valence-electron chi connectivity index (χ0n) is 14.1. The van der Waals surface area contributed by atoms with Crippen LogP contribution < -0.4 is 10.6 Å². The number of hydrogen-bond donors (Lipinski definition) is 2. The minimum atomic E-state index is -0.561. The van der Waals surface area contributed by atoms with Gasteiger partial charge in [-0.25, -0.2) is 0 Å². The summed E-state index contributed by atoms with van der Waals surface area (Å²) in [5.41, 5.74) is 8.52. The fourth-order valence-corrected chi connectivity index (χ4v) is 2.75. The number of anilines is 1. The molecule has 0 bridgehead atoms. The van der Waals surface area contributed by atoms with Crippen molar-refractivity contribution in [3.05, 3.63) is 66.2 Å². The molecule has 3 heteroatoms. The topological polar surface area (TPSA) is 49.5 Å². The summed E-state index contributed by atoms with van der Waals surface area (Å²) in [7, 11) is 0. The highest BCUT2D eigenvalue weighted by Gasteiger charge is 2.20. The van der Waals surface area contributed by atoms with Gasteiger partial charge in [-0.2, -0.15) is 0 Å². The summed E-state index contributed by atoms with van der Waals surface area (Å²) < 4.78 is 0. The normalized spacial score (nSPS) is 13.8. The zero-order chi connectivity index (χ0) is 16.7. The Kier molecular flexibility index (Phi) is 6.63. The molecule has 2 rings (SSSR count). The van der Waals surface area contributed by atoms with Crippen LogP contribution in [-0.4, -0.2) is 30.3 Å². The maximum absolute atomic E-state index is 10.6. The lowest BCUT2D eigenvalue weighted by atomic mass is 10.0. The molecule has 2 aromatic carbocycles. The molecule has 0 unspecified atom stereocenters. The lowest BCUT2D eigenvalue weighted by Crippen LogP contribution is -2.45. The summed E-state index contributed by atoms with van der Waals surface area (Å²) in [6.45, 7) is 5.83. The minimum Gasteiger partial charge on any atom is -0.390 e. The van der Waals surface area contributed by atoms with Crippen LogP contribution in [0.1, 0.15) is 19.4 Å². The molecule has 3 N–H and O–H groups in total. The van der Waals surface area contributed by atoms with Crippen LogP contribution in [0.2, 0.25) is 0 Å². The third kappa shape index (κ3) is 5.70. The molecule has 3 nitrogen and oxygen atoms in total. The molecule has 0 saturated heterocycles. The largest absolute Gasteiger partial charge is 0.390 e. The first kappa shape index (κ1) is 17.5. The molecule has 0 aliphatic heterocycles. The number of hydrogen-bond acceptors (Lipinski definition) is 3. The van der Waals surface area contributed by atoms with Gasteiger partial charge in [0.2, 0.25) is 0 Å². The van der Waals surface area contributed by atoms with Crippen molar-refractivity contribution in [3.63, 3.8) is 0 Å². The quantitative estimate of drug-likeness (QED) is 0.787. The van der Waals surface area contributed by atoms with E-state index < -0.39 is 6.10 Å². The Morgan fingerprint density at radius 1 is 0.913 bits per heavy atom. The van der Waals surface area contributed by atoms with E-state index in [1.54, 1.807) is 0 Å². The number of para-hydroxylation sites is 1. The van der Waals surface area contributed by atoms with Crippen LogP contribution in [0.25, 0.3) is 0 Å². The Labute approximate surface area is 139 Å². The van der Waals surface area contributed by atoms with E-state index in [0.717, 1.165) is 17.8 Å². The molecule has 124 valence electrons. The van der Waals surface area contributed by atoms with Crippen molar-refractivity contribution >= 4 is 5.69 Å². The van der Waals surface area contributed by atoms with Gasteiger partial charge in [0.15, 0.2) is 0 Å². The van der Waals surface area contributed by atoms with Crippen LogP contribution in [0.15, 0.2) is 60.7 Å². The molecular formula is C20H28N2O. The Morgan fingerprint density at radius 2 is 1.48 bits per heavy atom. The fourth-order valence-electron chi connectivity index (χ4n) is 2.75. The predicted molar refractivity (Wildman–Crippen MR) is 97.6 cm³/mol. The van der Waals surface area contributed by atoms with Gasteiger partial charge in [-0.05, 0) is 30.0 Å². The number of rotatable bonds is 8. The van der Waals surface area contributed by atoms with Crippen molar-refractivity contribution in [1.29, 1.82) is 0 Å². The Morgan fingerprint density at radius 3 is 2.04 bits per heavy atom. The van der Waals surface area contributed by atoms with Crippen molar-refractivity contribution in [1.82, 2.24) is 0 Å². The van der Waals surface area contributed by atoms with Gasteiger partial charge in [0.1, 0.15) is 0 Å². The first-order valence-electron chi connectivity index (χ1n) is 8.34. The predicted octanol–water partition coefficient (Wildman–Crippen LogP) is 3.08. The van der Waals surface area contributed by atoms with E-state index in [2.05, 4.69) is 43.0 Å². The number of benzene rings is 2. The van der Waals surface area contributed by atoms with E-state index in [1.807, 2.05) is 36.4 Å². The SMILES string of the molecule is CC(C)CN(C[C@@H](O)[C@@H](N)Cc1ccccc1)c1ccccc1. The smallest absolute Gasteiger partial charge is 0.0868 e. The van der Waals surface area contributed by atoms with Crippen LogP contribution >= 0.6 is 0 Å². The second kappa shape index (κ2) is 8.70. The number of aliphatic hydroxyl groups is 1. The summed E-state index contributed by atoms with van der Waals surface area (Å²) >= 11 is 0. The van der Waals surface area contributed by atoms with Gasteiger partial charge in [0, 0.05) is 24.8 Å². The molecule has 0 aliphatic rings. The second-order valence-corrected chi connectivity index (χ2v) is 6.56. The van der Waals surface area contributed by atoms with E-state index in [-0.39, 0.29) is 6.04 Å². The van der Waals surface area contributed by atoms with Gasteiger partial charge in [-0.1, -0.05) is 62.4 Å². The standard InChI is InChI=1S/C20H28N2O/c1-16(2)14-22(18-11-7-4-8-12-18)15-20(23)19(21)13-17-9-5-3-6-10-17/h3-12,16,19-20,23H,13-15,21H2,1-2H3/t19-,20+/m0/s1. The van der Waals surface area contributed by atoms with Gasteiger partial charge >= 0.3 is 0 Å². The third-order valence-corrected chi connectivity index (χ3v) is 3.92. The summed E-state index contributed by atoms with van der Waals surface area (Å²) in [5.74, 6) is 0.521. The van der Waals surface area contributed by atoms with Crippen molar-refractivity contribution in [2.24, 2.45) is 11.7 Å². The molecule has 0 aliphatic carbocycles. The van der Waals surface area contributed by atoms with Crippen LogP contribution in [0.5, 0.6) is 0 Å². The van der Waals surface area contributed by atoms with E-state index >= 15 is 0 Å². The van der Waals surface area contributed by atoms with Crippen LogP contribution in [0.3, 0.4) is 0 Å². The molecule has 2 atom stereocenters. The van der Waals surface area contributed by atoms with Gasteiger partial charge in [0.25, 0.3) is 0 Å². The summed E-state index contributed by atoms with van der Waals surface area (Å²) in [4.78, 5) is 2.22. The first-order chi connectivity index (χ1) is 11.1. The van der Waals surface area contributed by atoms with Gasteiger partial charge in [0.05, 0.1) is 6.10 Å². The summed E-state index contributed by atoms with van der Waals surface area (Å²) in [6, 6.07) is 20.1. The van der Waals surface area contributed by atoms with Gasteiger partial charge < -0.3 is 15.7 Å². The average Bonchev–Trinajstić information content (AvgIpc) is 2.55. The lowest BCUT2D eigenvalue weighted by molar-refractivity contribution is 0.148. The Hall–Kier alpha value is -1.84. The molecule has 0 radical (unpaired) electrons. The number of aliphatic hydroxyl groups excluding tert-OH is 1. The molecule has 23 heavy (non-hydrogen) atoms. The first-order valence-corrected chi connectivity index (χ1v) is 8.34. The highest BCUT2D eigenvalue weighted by molar-refractivity contribution is 5.46. The maximum atomic E-state index is 10.6. The van der Waals surface area contributed by atoms with Crippen molar-refractivity contribution < 1.29 is 5.11 Å². The minimum absolute atomic E-state index is 0.268. The average molecular weight is 312 g/mol. The fraction of sp³-hybridized carbons (Fsp3) is 0.400. The monoisotopic (exact) mass is 312 g/mol. The Bertz CT molecular complexity index is 556. The molecule has 2 aromatic rings. The second-order valence-electron chi connectivity index (χ2n) is 6.56. The number of nitrogens with two attached hydrogens (primary N) is 1. The van der Waals surface area contributed by atoms with E-state index in [0.29, 0.717) is 18.9 Å². The van der Waals surface area contributed by atoms with Gasteiger partial charge in [-0.3, -0.25) is 0 Å². The maximum Gasteiger partial charge on any atom is 0.0868 e. The van der Waals surface area contributed by atoms with E-state index in [1.165, 1.54) is 0 Å². The highest BCUT2D eigenvalue weighted by Crippen LogP contribution is 2.16. The summed E-state index contributed by atoms with van der Waals surface area (Å²) in [6.07, 6.45) is 0.126. The molecule has 0 saturated carbocycles. The molecular weight excluding hydrogens is 284 g/mol. The highest BCUT2D eigenvalue weighted by atomic mass is 16.3. The van der Waals surface area contributed by atoms with E-state index in [9.17, 15) is 5.11 Å². The van der Waals surface area contributed by atoms with E-state index in [4.69, 9.17) is 5.73 Å². The number of nitrogens with zero attached hydrogens (tertiary/aromatic N) is 1. The van der Waals surface area contributed by atoms with Crippen molar-refractivity contribution in [2.75, 3.05) is 18.0 Å². The zero-order valence-corrected chi connectivity index (χ0v) is 14.1. The Balaban J connectivity index is 2.00. The lowest BCUT2D eigenvalue weighted by Gasteiger charge is -2.31. The van der Waals surface area contributed by atoms with Crippen molar-refractivity contribution in [3.8, 4) is 0 Å². The molecule has 0 heterocycles. The third-order valence-electron chi connectivity index (χ3n) is 3.92. The molecule has 0 aromatic heterocycles. The molecule has 0 fully saturated rings. The molecule has 0 amide bonds. The van der Waals surface area contributed by atoms with Gasteiger partial charge in [-0.15, -0.1) is 0 Å². The van der Waals surface area contributed by atoms with Crippen LogP contribution in [0, 0.1) is 5.92 Å². The van der Waals surface area contributed by atoms with Crippen LogP contribution in [-0.2, 0) is 6.42 Å². The molecule has 0 spiro atoms. The summed E-state index contributed by atoms with van der Waals surface area (Å²) in [5, 5.41) is 10.6. The van der Waals surface area contributed by atoms with Crippen molar-refractivity contribution in [2.45, 2.75) is 32.4 Å².